The van der Waals surface area contributed by atoms with E-state index in [0.29, 0.717) is 15.8 Å². The molecule has 4 rings (SSSR count). The zero-order valence-electron chi connectivity index (χ0n) is 17.9. The van der Waals surface area contributed by atoms with Crippen LogP contribution in [0, 0.1) is 5.82 Å². The van der Waals surface area contributed by atoms with Crippen molar-refractivity contribution in [2.45, 2.75) is 12.6 Å². The Kier molecular flexibility index (Phi) is 6.97. The number of likely N-dealkylation sites (N-methyl/N-ethyl adjacent to an activating group) is 1. The monoisotopic (exact) mass is 441 g/mol. The van der Waals surface area contributed by atoms with Gasteiger partial charge in [0.1, 0.15) is 5.82 Å². The number of hydrogen-bond donors (Lipinski definition) is 1. The Morgan fingerprint density at radius 3 is 2.58 bits per heavy atom. The minimum absolute atomic E-state index is 0.150. The van der Waals surface area contributed by atoms with Gasteiger partial charge in [0, 0.05) is 55.5 Å². The van der Waals surface area contributed by atoms with E-state index in [1.54, 1.807) is 13.2 Å². The highest BCUT2D eigenvalue weighted by Crippen LogP contribution is 2.34. The van der Waals surface area contributed by atoms with Gasteiger partial charge < -0.3 is 15.0 Å². The highest BCUT2D eigenvalue weighted by molar-refractivity contribution is 7.21. The maximum Gasteiger partial charge on any atom is 0.262 e. The fourth-order valence-corrected chi connectivity index (χ4v) is 5.19. The number of methoxy groups -OCH3 is 1. The number of fused-ring (bicyclic) bond motifs is 1. The van der Waals surface area contributed by atoms with Crippen LogP contribution in [-0.2, 0) is 11.3 Å². The van der Waals surface area contributed by atoms with Gasteiger partial charge in [-0.1, -0.05) is 36.4 Å². The Labute approximate surface area is 186 Å². The maximum atomic E-state index is 14.5. The smallest absolute Gasteiger partial charge is 0.262 e. The first kappa shape index (κ1) is 21.9. The molecule has 0 radical (unpaired) electrons. The number of nitrogens with one attached hydrogen (secondary N) is 1. The third kappa shape index (κ3) is 4.96. The molecule has 31 heavy (non-hydrogen) atoms. The van der Waals surface area contributed by atoms with Crippen molar-refractivity contribution in [1.82, 2.24) is 15.1 Å². The topological polar surface area (TPSA) is 44.8 Å². The van der Waals surface area contributed by atoms with Crippen molar-refractivity contribution >= 4 is 27.3 Å². The molecule has 1 unspecified atom stereocenters. The Morgan fingerprint density at radius 1 is 1.13 bits per heavy atom. The highest BCUT2D eigenvalue weighted by atomic mass is 32.1. The molecule has 2 heterocycles. The standard InChI is InChI=1S/C24H28FN3O2S/c1-27-11-13-28(14-12-27)15-20(17-7-4-3-5-8-17)26-24(29)23-18(16-30-2)22-19(25)9-6-10-21(22)31-23/h3-10,20H,11-16H2,1-2H3,(H,26,29). The number of halogens is 1. The normalized spacial score (nSPS) is 16.5. The van der Waals surface area contributed by atoms with Gasteiger partial charge in [0.05, 0.1) is 17.5 Å². The number of nitrogens with zero attached hydrogens (tertiary/aromatic N) is 2. The Balaban J connectivity index is 1.61. The van der Waals surface area contributed by atoms with E-state index in [4.69, 9.17) is 4.74 Å². The molecule has 0 spiro atoms. The molecule has 2 aromatic carbocycles. The van der Waals surface area contributed by atoms with Gasteiger partial charge in [0.2, 0.25) is 0 Å². The van der Waals surface area contributed by atoms with Crippen LogP contribution in [0.1, 0.15) is 26.8 Å². The van der Waals surface area contributed by atoms with Gasteiger partial charge in [-0.2, -0.15) is 0 Å². The van der Waals surface area contributed by atoms with Crippen LogP contribution < -0.4 is 5.32 Å². The van der Waals surface area contributed by atoms with Crippen LogP contribution in [0.25, 0.3) is 10.1 Å². The number of thiophene rings is 1. The Bertz CT molecular complexity index is 1030. The van der Waals surface area contributed by atoms with Gasteiger partial charge in [-0.25, -0.2) is 4.39 Å². The lowest BCUT2D eigenvalue weighted by Gasteiger charge is -2.35. The van der Waals surface area contributed by atoms with Crippen molar-refractivity contribution in [3.05, 3.63) is 70.4 Å². The summed E-state index contributed by atoms with van der Waals surface area (Å²) in [5, 5.41) is 3.71. The third-order valence-electron chi connectivity index (χ3n) is 5.80. The molecule has 1 N–H and O–H groups in total. The average Bonchev–Trinajstić information content (AvgIpc) is 3.15. The van der Waals surface area contributed by atoms with E-state index in [1.807, 2.05) is 36.4 Å². The van der Waals surface area contributed by atoms with E-state index >= 15 is 0 Å². The SMILES string of the molecule is COCc1c(C(=O)NC(CN2CCN(C)CC2)c2ccccc2)sc2cccc(F)c12. The van der Waals surface area contributed by atoms with E-state index < -0.39 is 0 Å². The summed E-state index contributed by atoms with van der Waals surface area (Å²) in [6.45, 7) is 4.91. The second-order valence-corrected chi connectivity index (χ2v) is 9.05. The van der Waals surface area contributed by atoms with E-state index in [1.165, 1.54) is 17.4 Å². The zero-order chi connectivity index (χ0) is 21.8. The number of hydrogen-bond acceptors (Lipinski definition) is 5. The molecule has 1 aliphatic heterocycles. The summed E-state index contributed by atoms with van der Waals surface area (Å²) in [5.74, 6) is -0.507. The quantitative estimate of drug-likeness (QED) is 0.604. The lowest BCUT2D eigenvalue weighted by molar-refractivity contribution is 0.0907. The number of amides is 1. The molecule has 0 bridgehead atoms. The average molecular weight is 442 g/mol. The van der Waals surface area contributed by atoms with Gasteiger partial charge in [0.15, 0.2) is 0 Å². The van der Waals surface area contributed by atoms with E-state index in [2.05, 4.69) is 22.2 Å². The summed E-state index contributed by atoms with van der Waals surface area (Å²) in [5.41, 5.74) is 1.68. The molecule has 164 valence electrons. The summed E-state index contributed by atoms with van der Waals surface area (Å²) in [6.07, 6.45) is 0. The van der Waals surface area contributed by atoms with Gasteiger partial charge >= 0.3 is 0 Å². The van der Waals surface area contributed by atoms with Crippen LogP contribution in [-0.4, -0.2) is 62.6 Å². The molecular formula is C24H28FN3O2S. The largest absolute Gasteiger partial charge is 0.380 e. The number of carbonyl (C=O) groups is 1. The molecular weight excluding hydrogens is 413 g/mol. The molecule has 5 nitrogen and oxygen atoms in total. The predicted octanol–water partition coefficient (Wildman–Crippen LogP) is 3.91. The molecule has 1 aliphatic rings. The fraction of sp³-hybridized carbons (Fsp3) is 0.375. The molecule has 1 aromatic heterocycles. The highest BCUT2D eigenvalue weighted by Gasteiger charge is 2.25. The Morgan fingerprint density at radius 2 is 1.87 bits per heavy atom. The van der Waals surface area contributed by atoms with Crippen molar-refractivity contribution in [2.24, 2.45) is 0 Å². The number of rotatable bonds is 7. The van der Waals surface area contributed by atoms with Crippen LogP contribution in [0.2, 0.25) is 0 Å². The predicted molar refractivity (Wildman–Crippen MR) is 123 cm³/mol. The first-order chi connectivity index (χ1) is 15.1. The summed E-state index contributed by atoms with van der Waals surface area (Å²) < 4.78 is 20.6. The second kappa shape index (κ2) is 9.87. The third-order valence-corrected chi connectivity index (χ3v) is 7.00. The maximum absolute atomic E-state index is 14.5. The molecule has 1 saturated heterocycles. The zero-order valence-corrected chi connectivity index (χ0v) is 18.8. The summed E-state index contributed by atoms with van der Waals surface area (Å²) in [6, 6.07) is 14.8. The van der Waals surface area contributed by atoms with Crippen LogP contribution in [0.4, 0.5) is 4.39 Å². The van der Waals surface area contributed by atoms with Crippen LogP contribution in [0.3, 0.4) is 0 Å². The van der Waals surface area contributed by atoms with Crippen molar-refractivity contribution in [3.63, 3.8) is 0 Å². The van der Waals surface area contributed by atoms with Crippen molar-refractivity contribution in [1.29, 1.82) is 0 Å². The number of carbonyl (C=O) groups excluding carboxylic acids is 1. The van der Waals surface area contributed by atoms with Crippen molar-refractivity contribution in [2.75, 3.05) is 46.9 Å². The lowest BCUT2D eigenvalue weighted by Crippen LogP contribution is -2.47. The first-order valence-corrected chi connectivity index (χ1v) is 11.3. The molecule has 1 fully saturated rings. The summed E-state index contributed by atoms with van der Waals surface area (Å²) in [4.78, 5) is 18.6. The van der Waals surface area contributed by atoms with Crippen molar-refractivity contribution in [3.8, 4) is 0 Å². The molecule has 3 aromatic rings. The Hall–Kier alpha value is -2.32. The van der Waals surface area contributed by atoms with Crippen LogP contribution in [0.15, 0.2) is 48.5 Å². The van der Waals surface area contributed by atoms with Gasteiger partial charge in [-0.05, 0) is 24.7 Å². The molecule has 0 aliphatic carbocycles. The van der Waals surface area contributed by atoms with E-state index in [9.17, 15) is 9.18 Å². The summed E-state index contributed by atoms with van der Waals surface area (Å²) in [7, 11) is 3.69. The molecule has 0 saturated carbocycles. The van der Waals surface area contributed by atoms with Crippen LogP contribution in [0.5, 0.6) is 0 Å². The van der Waals surface area contributed by atoms with Gasteiger partial charge in [-0.3, -0.25) is 9.69 Å². The number of piperazine rings is 1. The number of ether oxygens (including phenoxy) is 1. The van der Waals surface area contributed by atoms with Crippen LogP contribution >= 0.6 is 11.3 Å². The fourth-order valence-electron chi connectivity index (χ4n) is 4.06. The number of benzene rings is 2. The van der Waals surface area contributed by atoms with Gasteiger partial charge in [-0.15, -0.1) is 11.3 Å². The van der Waals surface area contributed by atoms with E-state index in [-0.39, 0.29) is 24.4 Å². The molecule has 1 amide bonds. The van der Waals surface area contributed by atoms with Crippen molar-refractivity contribution < 1.29 is 13.9 Å². The summed E-state index contributed by atoms with van der Waals surface area (Å²) >= 11 is 1.32. The molecule has 7 heteroatoms. The first-order valence-electron chi connectivity index (χ1n) is 10.5. The second-order valence-electron chi connectivity index (χ2n) is 8.00. The lowest BCUT2D eigenvalue weighted by atomic mass is 10.0. The molecule has 1 atom stereocenters. The van der Waals surface area contributed by atoms with E-state index in [0.717, 1.165) is 43.0 Å². The van der Waals surface area contributed by atoms with Gasteiger partial charge in [0.25, 0.3) is 5.91 Å². The minimum atomic E-state index is -0.322. The minimum Gasteiger partial charge on any atom is -0.380 e.